The zero-order chi connectivity index (χ0) is 26.2. The Kier molecular flexibility index (Phi) is 9.87. The maximum atomic E-state index is 13.9. The van der Waals surface area contributed by atoms with E-state index >= 15 is 0 Å². The minimum atomic E-state index is -0.905. The second kappa shape index (κ2) is 12.9. The van der Waals surface area contributed by atoms with Crippen molar-refractivity contribution in [2.45, 2.75) is 26.5 Å². The molecular formula is C26H23BrCl2FN3O3. The summed E-state index contributed by atoms with van der Waals surface area (Å²) in [5, 5.41) is 7.49. The van der Waals surface area contributed by atoms with Gasteiger partial charge in [-0.05, 0) is 75.4 Å². The van der Waals surface area contributed by atoms with Crippen LogP contribution in [0.4, 0.5) is 4.39 Å². The largest absolute Gasteiger partial charge is 0.488 e. The number of amides is 2. The van der Waals surface area contributed by atoms with Gasteiger partial charge < -0.3 is 10.1 Å². The molecule has 0 heterocycles. The Morgan fingerprint density at radius 2 is 1.83 bits per heavy atom. The SMILES string of the molecule is CC(C)C(NC(=O)c1ccccc1F)C(=O)NN=Cc1ccc(OCc2ccc(Cl)c(Cl)c2)c(Br)c1. The summed E-state index contributed by atoms with van der Waals surface area (Å²) in [7, 11) is 0. The lowest BCUT2D eigenvalue weighted by Gasteiger charge is -2.20. The van der Waals surface area contributed by atoms with E-state index in [2.05, 4.69) is 31.8 Å². The number of carbonyl (C=O) groups is 2. The van der Waals surface area contributed by atoms with Crippen LogP contribution in [-0.4, -0.2) is 24.1 Å². The van der Waals surface area contributed by atoms with Crippen molar-refractivity contribution in [1.29, 1.82) is 0 Å². The second-order valence-electron chi connectivity index (χ2n) is 8.14. The number of nitrogens with one attached hydrogen (secondary N) is 2. The quantitative estimate of drug-likeness (QED) is 0.223. The molecule has 0 spiro atoms. The van der Waals surface area contributed by atoms with E-state index < -0.39 is 23.7 Å². The van der Waals surface area contributed by atoms with Gasteiger partial charge in [-0.15, -0.1) is 0 Å². The summed E-state index contributed by atoms with van der Waals surface area (Å²) in [4.78, 5) is 25.1. The molecule has 2 amide bonds. The van der Waals surface area contributed by atoms with Crippen molar-refractivity contribution < 1.29 is 18.7 Å². The van der Waals surface area contributed by atoms with Crippen LogP contribution in [0, 0.1) is 11.7 Å². The summed E-state index contributed by atoms with van der Waals surface area (Å²) >= 11 is 15.4. The average molecular weight is 595 g/mol. The third-order valence-corrected chi connectivity index (χ3v) is 6.44. The van der Waals surface area contributed by atoms with Crippen LogP contribution in [0.15, 0.2) is 70.2 Å². The van der Waals surface area contributed by atoms with Crippen molar-refractivity contribution >= 4 is 57.2 Å². The van der Waals surface area contributed by atoms with Crippen molar-refractivity contribution in [3.63, 3.8) is 0 Å². The Morgan fingerprint density at radius 1 is 1.08 bits per heavy atom. The van der Waals surface area contributed by atoms with Crippen LogP contribution in [0.5, 0.6) is 5.75 Å². The number of benzene rings is 3. The van der Waals surface area contributed by atoms with Gasteiger partial charge in [0.05, 0.1) is 26.3 Å². The monoisotopic (exact) mass is 593 g/mol. The summed E-state index contributed by atoms with van der Waals surface area (Å²) < 4.78 is 20.4. The van der Waals surface area contributed by atoms with E-state index in [1.807, 2.05) is 6.07 Å². The lowest BCUT2D eigenvalue weighted by molar-refractivity contribution is -0.123. The molecule has 0 bridgehead atoms. The fourth-order valence-electron chi connectivity index (χ4n) is 3.14. The number of nitrogens with zero attached hydrogens (tertiary/aromatic N) is 1. The zero-order valence-corrected chi connectivity index (χ0v) is 22.5. The number of hydrogen-bond acceptors (Lipinski definition) is 4. The molecule has 2 N–H and O–H groups in total. The van der Waals surface area contributed by atoms with Crippen LogP contribution in [-0.2, 0) is 11.4 Å². The van der Waals surface area contributed by atoms with Crippen molar-refractivity contribution in [2.75, 3.05) is 0 Å². The predicted molar refractivity (Wildman–Crippen MR) is 143 cm³/mol. The zero-order valence-electron chi connectivity index (χ0n) is 19.4. The number of carbonyl (C=O) groups excluding carboxylic acids is 2. The summed E-state index contributed by atoms with van der Waals surface area (Å²) in [6.07, 6.45) is 1.46. The molecular weight excluding hydrogens is 572 g/mol. The van der Waals surface area contributed by atoms with Crippen LogP contribution >= 0.6 is 39.1 Å². The maximum absolute atomic E-state index is 13.9. The van der Waals surface area contributed by atoms with Crippen LogP contribution in [0.1, 0.15) is 35.3 Å². The third kappa shape index (κ3) is 7.53. The normalized spacial score (nSPS) is 12.0. The molecule has 3 rings (SSSR count). The Labute approximate surface area is 227 Å². The van der Waals surface area contributed by atoms with E-state index in [0.29, 0.717) is 32.4 Å². The van der Waals surface area contributed by atoms with Crippen LogP contribution in [0.25, 0.3) is 0 Å². The second-order valence-corrected chi connectivity index (χ2v) is 9.80. The molecule has 0 fully saturated rings. The van der Waals surface area contributed by atoms with Gasteiger partial charge in [0, 0.05) is 0 Å². The van der Waals surface area contributed by atoms with Crippen LogP contribution in [0.2, 0.25) is 10.0 Å². The summed E-state index contributed by atoms with van der Waals surface area (Å²) in [6, 6.07) is 15.3. The Hall–Kier alpha value is -2.94. The van der Waals surface area contributed by atoms with Gasteiger partial charge in [-0.25, -0.2) is 9.82 Å². The summed E-state index contributed by atoms with van der Waals surface area (Å²) in [5.41, 5.74) is 3.86. The van der Waals surface area contributed by atoms with Gasteiger partial charge in [-0.3, -0.25) is 9.59 Å². The number of rotatable bonds is 9. The van der Waals surface area contributed by atoms with Crippen molar-refractivity contribution in [2.24, 2.45) is 11.0 Å². The van der Waals surface area contributed by atoms with Crippen LogP contribution < -0.4 is 15.5 Å². The highest BCUT2D eigenvalue weighted by atomic mass is 79.9. The molecule has 6 nitrogen and oxygen atoms in total. The molecule has 0 radical (unpaired) electrons. The molecule has 3 aromatic rings. The number of ether oxygens (including phenoxy) is 1. The Bertz CT molecular complexity index is 1290. The standard InChI is InChI=1S/C26H23BrCl2FN3O3/c1-15(2)24(32-25(34)18-5-3-4-6-22(18)30)26(35)33-31-13-16-8-10-23(19(27)11-16)36-14-17-7-9-20(28)21(29)12-17/h3-13,15,24H,14H2,1-2H3,(H,32,34)(H,33,35). The molecule has 0 aliphatic heterocycles. The molecule has 0 saturated heterocycles. The molecule has 188 valence electrons. The molecule has 36 heavy (non-hydrogen) atoms. The van der Waals surface area contributed by atoms with Gasteiger partial charge >= 0.3 is 0 Å². The number of hydrazone groups is 1. The minimum Gasteiger partial charge on any atom is -0.488 e. The van der Waals surface area contributed by atoms with E-state index in [4.69, 9.17) is 27.9 Å². The molecule has 1 atom stereocenters. The lowest BCUT2D eigenvalue weighted by Crippen LogP contribution is -2.48. The summed E-state index contributed by atoms with van der Waals surface area (Å²) in [5.74, 6) is -1.50. The molecule has 0 aliphatic carbocycles. The van der Waals surface area contributed by atoms with Gasteiger partial charge in [0.1, 0.15) is 24.2 Å². The molecule has 0 aromatic heterocycles. The van der Waals surface area contributed by atoms with Crippen LogP contribution in [0.3, 0.4) is 0 Å². The van der Waals surface area contributed by atoms with E-state index in [1.54, 1.807) is 50.2 Å². The van der Waals surface area contributed by atoms with Crippen molar-refractivity contribution in [3.05, 3.63) is 97.7 Å². The van der Waals surface area contributed by atoms with E-state index in [-0.39, 0.29) is 11.5 Å². The Balaban J connectivity index is 1.58. The first kappa shape index (κ1) is 27.6. The minimum absolute atomic E-state index is 0.134. The van der Waals surface area contributed by atoms with E-state index in [0.717, 1.165) is 5.56 Å². The maximum Gasteiger partial charge on any atom is 0.262 e. The first-order chi connectivity index (χ1) is 17.2. The lowest BCUT2D eigenvalue weighted by atomic mass is 10.0. The van der Waals surface area contributed by atoms with Gasteiger partial charge in [0.2, 0.25) is 0 Å². The molecule has 10 heteroatoms. The smallest absolute Gasteiger partial charge is 0.262 e. The molecule has 0 aliphatic rings. The third-order valence-electron chi connectivity index (χ3n) is 5.08. The number of halogens is 4. The highest BCUT2D eigenvalue weighted by Gasteiger charge is 2.25. The summed E-state index contributed by atoms with van der Waals surface area (Å²) in [6.45, 7) is 3.83. The van der Waals surface area contributed by atoms with E-state index in [1.165, 1.54) is 24.4 Å². The fourth-order valence-corrected chi connectivity index (χ4v) is 3.98. The molecule has 0 saturated carbocycles. The Morgan fingerprint density at radius 3 is 2.50 bits per heavy atom. The van der Waals surface area contributed by atoms with Gasteiger partial charge in [-0.2, -0.15) is 5.10 Å². The fraction of sp³-hybridized carbons (Fsp3) is 0.192. The average Bonchev–Trinajstić information content (AvgIpc) is 2.84. The number of hydrogen-bond donors (Lipinski definition) is 2. The van der Waals surface area contributed by atoms with Gasteiger partial charge in [0.25, 0.3) is 11.8 Å². The highest BCUT2D eigenvalue weighted by Crippen LogP contribution is 2.28. The first-order valence-corrected chi connectivity index (χ1v) is 12.4. The van der Waals surface area contributed by atoms with Gasteiger partial charge in [0.15, 0.2) is 0 Å². The first-order valence-electron chi connectivity index (χ1n) is 10.9. The van der Waals surface area contributed by atoms with E-state index in [9.17, 15) is 14.0 Å². The molecule has 3 aromatic carbocycles. The topological polar surface area (TPSA) is 79.8 Å². The van der Waals surface area contributed by atoms with Crippen molar-refractivity contribution in [1.82, 2.24) is 10.7 Å². The highest BCUT2D eigenvalue weighted by molar-refractivity contribution is 9.10. The van der Waals surface area contributed by atoms with Gasteiger partial charge in [-0.1, -0.05) is 55.2 Å². The molecule has 1 unspecified atom stereocenters. The van der Waals surface area contributed by atoms with Crippen molar-refractivity contribution in [3.8, 4) is 5.75 Å². The predicted octanol–water partition coefficient (Wildman–Crippen LogP) is 6.38.